The lowest BCUT2D eigenvalue weighted by Crippen LogP contribution is -2.45. The van der Waals surface area contributed by atoms with Gasteiger partial charge in [-0.2, -0.15) is 0 Å². The van der Waals surface area contributed by atoms with Gasteiger partial charge in [0, 0.05) is 12.8 Å². The Bertz CT molecular complexity index is 531. The van der Waals surface area contributed by atoms with Crippen molar-refractivity contribution >= 4 is 17.6 Å². The Labute approximate surface area is 136 Å². The minimum atomic E-state index is -1.26. The Morgan fingerprint density at radius 1 is 1.13 bits per heavy atom. The molecule has 0 aliphatic rings. The first-order chi connectivity index (χ1) is 10.9. The van der Waals surface area contributed by atoms with Gasteiger partial charge in [0.15, 0.2) is 0 Å². The molecule has 6 heteroatoms. The number of carbonyl (C=O) groups is 2. The zero-order chi connectivity index (χ0) is 17.3. The van der Waals surface area contributed by atoms with E-state index in [1.165, 1.54) is 6.07 Å². The molecule has 0 saturated heterocycles. The van der Waals surface area contributed by atoms with E-state index in [1.807, 2.05) is 13.8 Å². The van der Waals surface area contributed by atoms with Crippen molar-refractivity contribution in [3.8, 4) is 5.75 Å². The summed E-state index contributed by atoms with van der Waals surface area (Å²) >= 11 is 0. The van der Waals surface area contributed by atoms with Gasteiger partial charge in [0.1, 0.15) is 12.4 Å². The van der Waals surface area contributed by atoms with E-state index in [9.17, 15) is 14.7 Å². The summed E-state index contributed by atoms with van der Waals surface area (Å²) in [4.78, 5) is 23.4. The summed E-state index contributed by atoms with van der Waals surface area (Å²) in [5.74, 6) is -0.737. The highest BCUT2D eigenvalue weighted by Crippen LogP contribution is 2.26. The van der Waals surface area contributed by atoms with E-state index < -0.39 is 11.7 Å². The Hall–Kier alpha value is -2.24. The fourth-order valence-electron chi connectivity index (χ4n) is 1.96. The number of rotatable bonds is 9. The predicted molar refractivity (Wildman–Crippen MR) is 87.0 cm³/mol. The molecule has 0 saturated carbocycles. The van der Waals surface area contributed by atoms with E-state index in [2.05, 4.69) is 5.32 Å². The number of aromatic hydroxyl groups is 1. The summed E-state index contributed by atoms with van der Waals surface area (Å²) in [5.41, 5.74) is -0.861. The van der Waals surface area contributed by atoms with E-state index in [0.717, 1.165) is 0 Å². The summed E-state index contributed by atoms with van der Waals surface area (Å²) < 4.78 is 10.6. The number of carbonyl (C=O) groups excluding carboxylic acids is 2. The first-order valence-corrected chi connectivity index (χ1v) is 7.84. The highest BCUT2D eigenvalue weighted by atomic mass is 16.6. The van der Waals surface area contributed by atoms with Gasteiger partial charge in [0.05, 0.1) is 5.69 Å². The van der Waals surface area contributed by atoms with Gasteiger partial charge in [-0.05, 0) is 31.9 Å². The number of anilines is 1. The molecule has 23 heavy (non-hydrogen) atoms. The van der Waals surface area contributed by atoms with Gasteiger partial charge in [0.25, 0.3) is 0 Å². The molecule has 1 aromatic rings. The normalized spacial score (nSPS) is 13.0. The van der Waals surface area contributed by atoms with E-state index in [0.29, 0.717) is 24.9 Å². The van der Waals surface area contributed by atoms with Crippen LogP contribution in [0.15, 0.2) is 24.3 Å². The fourth-order valence-corrected chi connectivity index (χ4v) is 1.96. The molecular weight excluding hydrogens is 298 g/mol. The Balaban J connectivity index is 2.84. The molecule has 0 aliphatic carbocycles. The first kappa shape index (κ1) is 18.8. The standard InChI is InChI=1S/C17H25NO5/c1-4-8-15(20)22-12-17(3,23-16(21)9-5-2)18-13-10-6-7-11-14(13)19/h6-7,10-11,18-19H,4-5,8-9,12H2,1-3H3. The van der Waals surface area contributed by atoms with Crippen molar-refractivity contribution in [2.45, 2.75) is 52.2 Å². The molecule has 0 radical (unpaired) electrons. The number of hydrogen-bond donors (Lipinski definition) is 2. The number of benzene rings is 1. The Morgan fingerprint density at radius 2 is 1.74 bits per heavy atom. The van der Waals surface area contributed by atoms with Gasteiger partial charge in [-0.25, -0.2) is 0 Å². The largest absolute Gasteiger partial charge is 0.506 e. The minimum absolute atomic E-state index is 0.0187. The third kappa shape index (κ3) is 6.59. The highest BCUT2D eigenvalue weighted by molar-refractivity contribution is 5.71. The molecular formula is C17H25NO5. The second-order valence-electron chi connectivity index (χ2n) is 5.51. The average Bonchev–Trinajstić information content (AvgIpc) is 2.48. The number of ether oxygens (including phenoxy) is 2. The van der Waals surface area contributed by atoms with E-state index >= 15 is 0 Å². The van der Waals surface area contributed by atoms with Crippen molar-refractivity contribution in [1.29, 1.82) is 0 Å². The molecule has 1 unspecified atom stereocenters. The second kappa shape index (κ2) is 9.02. The predicted octanol–water partition coefficient (Wildman–Crippen LogP) is 3.21. The van der Waals surface area contributed by atoms with Gasteiger partial charge in [-0.1, -0.05) is 26.0 Å². The van der Waals surface area contributed by atoms with E-state index in [4.69, 9.17) is 9.47 Å². The molecule has 0 spiro atoms. The zero-order valence-corrected chi connectivity index (χ0v) is 13.9. The minimum Gasteiger partial charge on any atom is -0.506 e. The van der Waals surface area contributed by atoms with Crippen LogP contribution in [0.25, 0.3) is 0 Å². The topological polar surface area (TPSA) is 84.9 Å². The molecule has 1 atom stereocenters. The Morgan fingerprint density at radius 3 is 2.35 bits per heavy atom. The van der Waals surface area contributed by atoms with E-state index in [1.54, 1.807) is 25.1 Å². The third-order valence-electron chi connectivity index (χ3n) is 3.06. The van der Waals surface area contributed by atoms with Crippen LogP contribution in [0.4, 0.5) is 5.69 Å². The Kier molecular flexibility index (Phi) is 7.38. The summed E-state index contributed by atoms with van der Waals surface area (Å²) in [5, 5.41) is 12.8. The van der Waals surface area contributed by atoms with Crippen molar-refractivity contribution < 1.29 is 24.2 Å². The summed E-state index contributed by atoms with van der Waals surface area (Å²) in [6, 6.07) is 6.58. The highest BCUT2D eigenvalue weighted by Gasteiger charge is 2.31. The lowest BCUT2D eigenvalue weighted by Gasteiger charge is -2.31. The fraction of sp³-hybridized carbons (Fsp3) is 0.529. The van der Waals surface area contributed by atoms with E-state index in [-0.39, 0.29) is 24.7 Å². The molecule has 0 heterocycles. The smallest absolute Gasteiger partial charge is 0.308 e. The number of esters is 2. The number of phenolic OH excluding ortho intramolecular Hbond substituents is 1. The van der Waals surface area contributed by atoms with Crippen molar-refractivity contribution in [1.82, 2.24) is 0 Å². The number of nitrogens with one attached hydrogen (secondary N) is 1. The van der Waals surface area contributed by atoms with Crippen LogP contribution < -0.4 is 5.32 Å². The average molecular weight is 323 g/mol. The second-order valence-corrected chi connectivity index (χ2v) is 5.51. The van der Waals surface area contributed by atoms with Crippen LogP contribution in [-0.4, -0.2) is 29.4 Å². The quantitative estimate of drug-likeness (QED) is 0.412. The van der Waals surface area contributed by atoms with Crippen molar-refractivity contribution in [3.63, 3.8) is 0 Å². The molecule has 6 nitrogen and oxygen atoms in total. The van der Waals surface area contributed by atoms with Gasteiger partial charge < -0.3 is 19.9 Å². The maximum absolute atomic E-state index is 11.8. The van der Waals surface area contributed by atoms with Crippen molar-refractivity contribution in [2.75, 3.05) is 11.9 Å². The molecule has 128 valence electrons. The monoisotopic (exact) mass is 323 g/mol. The van der Waals surface area contributed by atoms with Gasteiger partial charge in [0.2, 0.25) is 5.72 Å². The zero-order valence-electron chi connectivity index (χ0n) is 13.9. The molecule has 0 aliphatic heterocycles. The van der Waals surface area contributed by atoms with Crippen LogP contribution in [0, 0.1) is 0 Å². The van der Waals surface area contributed by atoms with Crippen LogP contribution in [0.5, 0.6) is 5.75 Å². The molecule has 0 amide bonds. The van der Waals surface area contributed by atoms with Crippen LogP contribution in [0.1, 0.15) is 46.5 Å². The molecule has 1 aromatic carbocycles. The maximum Gasteiger partial charge on any atom is 0.308 e. The molecule has 0 aromatic heterocycles. The van der Waals surface area contributed by atoms with Crippen LogP contribution in [-0.2, 0) is 19.1 Å². The number of phenols is 1. The lowest BCUT2D eigenvalue weighted by molar-refractivity contribution is -0.167. The molecule has 2 N–H and O–H groups in total. The van der Waals surface area contributed by atoms with Crippen LogP contribution in [0.3, 0.4) is 0 Å². The molecule has 0 bridgehead atoms. The molecule has 1 rings (SSSR count). The first-order valence-electron chi connectivity index (χ1n) is 7.84. The van der Waals surface area contributed by atoms with Crippen LogP contribution in [0.2, 0.25) is 0 Å². The molecule has 0 fully saturated rings. The summed E-state index contributed by atoms with van der Waals surface area (Å²) in [7, 11) is 0. The lowest BCUT2D eigenvalue weighted by atomic mass is 10.2. The van der Waals surface area contributed by atoms with Gasteiger partial charge >= 0.3 is 11.9 Å². The SMILES string of the molecule is CCCC(=O)OCC(C)(Nc1ccccc1O)OC(=O)CCC. The number of para-hydroxylation sites is 2. The summed E-state index contributed by atoms with van der Waals surface area (Å²) in [6.07, 6.45) is 1.90. The van der Waals surface area contributed by atoms with Gasteiger partial charge in [-0.15, -0.1) is 0 Å². The number of hydrogen-bond acceptors (Lipinski definition) is 6. The maximum atomic E-state index is 11.8. The van der Waals surface area contributed by atoms with Gasteiger partial charge in [-0.3, -0.25) is 9.59 Å². The van der Waals surface area contributed by atoms with Crippen molar-refractivity contribution in [3.05, 3.63) is 24.3 Å². The van der Waals surface area contributed by atoms with Crippen molar-refractivity contribution in [2.24, 2.45) is 0 Å². The van der Waals surface area contributed by atoms with Crippen LogP contribution >= 0.6 is 0 Å². The third-order valence-corrected chi connectivity index (χ3v) is 3.06. The summed E-state index contributed by atoms with van der Waals surface area (Å²) in [6.45, 7) is 5.21.